The van der Waals surface area contributed by atoms with E-state index in [-0.39, 0.29) is 23.3 Å². The first-order valence-corrected chi connectivity index (χ1v) is 10.8. The molecule has 35 heavy (non-hydrogen) atoms. The second-order valence-corrected chi connectivity index (χ2v) is 8.66. The van der Waals surface area contributed by atoms with E-state index in [2.05, 4.69) is 20.9 Å². The van der Waals surface area contributed by atoms with Gasteiger partial charge in [0, 0.05) is 16.5 Å². The fraction of sp³-hybridized carbons (Fsp3) is 0.167. The number of halogens is 7. The van der Waals surface area contributed by atoms with Crippen molar-refractivity contribution >= 4 is 26.8 Å². The van der Waals surface area contributed by atoms with Crippen molar-refractivity contribution in [3.05, 3.63) is 105 Å². The fourth-order valence-corrected chi connectivity index (χ4v) is 3.95. The van der Waals surface area contributed by atoms with Gasteiger partial charge < -0.3 is 5.11 Å². The molecule has 0 radical (unpaired) electrons. The first-order valence-electron chi connectivity index (χ1n) is 10.0. The Morgan fingerprint density at radius 1 is 0.829 bits per heavy atom. The molecule has 11 heteroatoms. The summed E-state index contributed by atoms with van der Waals surface area (Å²) in [7, 11) is 0. The summed E-state index contributed by atoms with van der Waals surface area (Å²) in [5.41, 5.74) is -5.87. The van der Waals surface area contributed by atoms with E-state index in [1.165, 1.54) is 6.07 Å². The predicted octanol–water partition coefficient (Wildman–Crippen LogP) is 6.05. The van der Waals surface area contributed by atoms with Gasteiger partial charge in [-0.2, -0.15) is 26.3 Å². The van der Waals surface area contributed by atoms with E-state index in [4.69, 9.17) is 0 Å². The molecule has 1 aromatic heterocycles. The number of fused-ring (bicyclic) bond motifs is 1. The molecule has 0 spiro atoms. The number of nitrogens with zero attached hydrogens (tertiary/aromatic N) is 2. The van der Waals surface area contributed by atoms with Gasteiger partial charge in [-0.1, -0.05) is 52.3 Å². The Labute approximate surface area is 202 Å². The molecule has 0 saturated heterocycles. The Hall–Kier alpha value is -3.18. The second kappa shape index (κ2) is 8.80. The van der Waals surface area contributed by atoms with Crippen LogP contribution in [0.1, 0.15) is 17.0 Å². The molecule has 4 nitrogen and oxygen atoms in total. The number of hydrogen-bond acceptors (Lipinski definition) is 3. The largest absolute Gasteiger partial charge is 0.430 e. The molecule has 0 amide bonds. The first-order chi connectivity index (χ1) is 16.3. The average Bonchev–Trinajstić information content (AvgIpc) is 2.79. The highest BCUT2D eigenvalue weighted by Gasteiger charge is 2.71. The van der Waals surface area contributed by atoms with Crippen LogP contribution >= 0.6 is 15.9 Å². The first kappa shape index (κ1) is 24.9. The standard InChI is InChI=1S/C24H15BrF6N2O2/c25-16-9-5-14(6-10-16)13-20-32-19-4-2-1-3-18(19)21(34)33(20)17-11-7-15(8-12-17)22(35,23(26,27)28)24(29,30)31/h1-12,35H,13H2. The predicted molar refractivity (Wildman–Crippen MR) is 120 cm³/mol. The van der Waals surface area contributed by atoms with Gasteiger partial charge >= 0.3 is 12.4 Å². The van der Waals surface area contributed by atoms with Gasteiger partial charge in [0.05, 0.1) is 16.6 Å². The molecule has 0 aliphatic carbocycles. The molecule has 4 rings (SSSR count). The van der Waals surface area contributed by atoms with E-state index >= 15 is 0 Å². The van der Waals surface area contributed by atoms with E-state index in [0.717, 1.165) is 26.7 Å². The summed E-state index contributed by atoms with van der Waals surface area (Å²) in [5, 5.41) is 9.87. The molecule has 1 heterocycles. The third-order valence-electron chi connectivity index (χ3n) is 5.48. The topological polar surface area (TPSA) is 55.1 Å². The summed E-state index contributed by atoms with van der Waals surface area (Å²) in [6, 6.07) is 16.4. The van der Waals surface area contributed by atoms with E-state index in [9.17, 15) is 36.2 Å². The summed E-state index contributed by atoms with van der Waals surface area (Å²) in [6.07, 6.45) is -11.9. The summed E-state index contributed by atoms with van der Waals surface area (Å²) >= 11 is 3.33. The molecule has 0 unspecified atom stereocenters. The van der Waals surface area contributed by atoms with Gasteiger partial charge in [0.1, 0.15) is 5.82 Å². The van der Waals surface area contributed by atoms with E-state index in [1.807, 2.05) is 0 Å². The number of para-hydroxylation sites is 1. The summed E-state index contributed by atoms with van der Waals surface area (Å²) in [6.45, 7) is 0. The third-order valence-corrected chi connectivity index (χ3v) is 6.01. The van der Waals surface area contributed by atoms with Crippen LogP contribution in [0.25, 0.3) is 16.6 Å². The number of aromatic nitrogens is 2. The molecule has 0 atom stereocenters. The second-order valence-electron chi connectivity index (χ2n) is 7.74. The minimum Gasteiger partial charge on any atom is -0.369 e. The number of alkyl halides is 6. The van der Waals surface area contributed by atoms with Crippen molar-refractivity contribution in [1.82, 2.24) is 9.55 Å². The summed E-state index contributed by atoms with van der Waals surface area (Å²) in [4.78, 5) is 17.8. The molecular formula is C24H15BrF6N2O2. The maximum Gasteiger partial charge on any atom is 0.430 e. The summed E-state index contributed by atoms with van der Waals surface area (Å²) in [5.74, 6) is 0.227. The normalized spacial score (nSPS) is 12.8. The Morgan fingerprint density at radius 3 is 1.97 bits per heavy atom. The number of benzene rings is 3. The SMILES string of the molecule is O=c1c2ccccc2nc(Cc2ccc(Br)cc2)n1-c1ccc(C(O)(C(F)(F)F)C(F)(F)F)cc1. The van der Waals surface area contributed by atoms with Gasteiger partial charge in [0.15, 0.2) is 0 Å². The van der Waals surface area contributed by atoms with Crippen LogP contribution in [0, 0.1) is 0 Å². The van der Waals surface area contributed by atoms with Crippen molar-refractivity contribution in [2.75, 3.05) is 0 Å². The summed E-state index contributed by atoms with van der Waals surface area (Å²) < 4.78 is 81.4. The van der Waals surface area contributed by atoms with Crippen molar-refractivity contribution in [2.45, 2.75) is 24.4 Å². The lowest BCUT2D eigenvalue weighted by molar-refractivity contribution is -0.376. The van der Waals surface area contributed by atoms with Gasteiger partial charge in [0.25, 0.3) is 11.2 Å². The van der Waals surface area contributed by atoms with Gasteiger partial charge in [-0.15, -0.1) is 0 Å². The zero-order valence-electron chi connectivity index (χ0n) is 17.5. The zero-order valence-corrected chi connectivity index (χ0v) is 19.1. The zero-order chi connectivity index (χ0) is 25.6. The highest BCUT2D eigenvalue weighted by molar-refractivity contribution is 9.10. The van der Waals surface area contributed by atoms with E-state index in [1.54, 1.807) is 42.5 Å². The van der Waals surface area contributed by atoms with Gasteiger partial charge in [-0.25, -0.2) is 4.98 Å². The number of hydrogen-bond donors (Lipinski definition) is 1. The van der Waals surface area contributed by atoms with Crippen LogP contribution in [0.2, 0.25) is 0 Å². The quantitative estimate of drug-likeness (QED) is 0.311. The number of aliphatic hydroxyl groups is 1. The van der Waals surface area contributed by atoms with Crippen molar-refractivity contribution in [2.24, 2.45) is 0 Å². The molecule has 0 aliphatic heterocycles. The van der Waals surface area contributed by atoms with Crippen LogP contribution in [-0.2, 0) is 12.0 Å². The van der Waals surface area contributed by atoms with Crippen LogP contribution in [-0.4, -0.2) is 27.0 Å². The van der Waals surface area contributed by atoms with Crippen LogP contribution in [0.15, 0.2) is 82.1 Å². The van der Waals surface area contributed by atoms with Gasteiger partial charge in [0.2, 0.25) is 0 Å². The average molecular weight is 557 g/mol. The third kappa shape index (κ3) is 4.45. The van der Waals surface area contributed by atoms with Gasteiger partial charge in [-0.05, 0) is 42.0 Å². The van der Waals surface area contributed by atoms with Crippen LogP contribution in [0.3, 0.4) is 0 Å². The van der Waals surface area contributed by atoms with Crippen molar-refractivity contribution < 1.29 is 31.4 Å². The molecule has 0 bridgehead atoms. The van der Waals surface area contributed by atoms with E-state index in [0.29, 0.717) is 17.6 Å². The maximum atomic E-state index is 13.3. The lowest BCUT2D eigenvalue weighted by Gasteiger charge is -2.32. The Bertz CT molecular complexity index is 1410. The van der Waals surface area contributed by atoms with Crippen molar-refractivity contribution in [3.8, 4) is 5.69 Å². The van der Waals surface area contributed by atoms with Crippen molar-refractivity contribution in [3.63, 3.8) is 0 Å². The fourth-order valence-electron chi connectivity index (χ4n) is 3.69. The Morgan fingerprint density at radius 2 is 1.40 bits per heavy atom. The molecule has 0 aliphatic rings. The van der Waals surface area contributed by atoms with Crippen LogP contribution in [0.5, 0.6) is 0 Å². The van der Waals surface area contributed by atoms with Crippen molar-refractivity contribution in [1.29, 1.82) is 0 Å². The van der Waals surface area contributed by atoms with Crippen LogP contribution in [0.4, 0.5) is 26.3 Å². The Balaban J connectivity index is 1.88. The van der Waals surface area contributed by atoms with E-state index < -0.39 is 29.1 Å². The minimum atomic E-state index is -6.01. The molecular weight excluding hydrogens is 542 g/mol. The monoisotopic (exact) mass is 556 g/mol. The molecule has 0 fully saturated rings. The lowest BCUT2D eigenvalue weighted by atomic mass is 9.92. The maximum absolute atomic E-state index is 13.3. The lowest BCUT2D eigenvalue weighted by Crippen LogP contribution is -2.53. The highest BCUT2D eigenvalue weighted by Crippen LogP contribution is 2.50. The Kier molecular flexibility index (Phi) is 6.26. The number of rotatable bonds is 4. The molecule has 3 aromatic carbocycles. The van der Waals surface area contributed by atoms with Crippen LogP contribution < -0.4 is 5.56 Å². The molecule has 182 valence electrons. The highest BCUT2D eigenvalue weighted by atomic mass is 79.9. The molecule has 0 saturated carbocycles. The molecule has 1 N–H and O–H groups in total. The van der Waals surface area contributed by atoms with Gasteiger partial charge in [-0.3, -0.25) is 9.36 Å². The smallest absolute Gasteiger partial charge is 0.369 e. The minimum absolute atomic E-state index is 0.00388. The molecule has 4 aromatic rings.